The molecule has 0 aliphatic carbocycles. The van der Waals surface area contributed by atoms with Crippen molar-refractivity contribution < 1.29 is 0 Å². The molecule has 8 heteroatoms. The van der Waals surface area contributed by atoms with E-state index < -0.39 is 0 Å². The molecule has 6 nitrogen and oxygen atoms in total. The number of nitrogens with two attached hydrogens (primary N) is 2. The van der Waals surface area contributed by atoms with Crippen LogP contribution in [-0.2, 0) is 0 Å². The maximum Gasteiger partial charge on any atom is 0.182 e. The lowest BCUT2D eigenvalue weighted by molar-refractivity contribution is 1.09. The summed E-state index contributed by atoms with van der Waals surface area (Å²) in [5, 5.41) is 0.300. The fraction of sp³-hybridized carbons (Fsp3) is 0. The summed E-state index contributed by atoms with van der Waals surface area (Å²) in [5.74, 6) is 0. The largest absolute Gasteiger partial charge is 0.375 e. The Morgan fingerprint density at radius 3 is 1.56 bits per heavy atom. The fourth-order valence-electron chi connectivity index (χ4n) is 0.959. The predicted molar refractivity (Wildman–Crippen MR) is 73.5 cm³/mol. The van der Waals surface area contributed by atoms with Crippen molar-refractivity contribution >= 4 is 46.0 Å². The van der Waals surface area contributed by atoms with Gasteiger partial charge in [-0.3, -0.25) is 21.7 Å². The van der Waals surface area contributed by atoms with Crippen LogP contribution in [0, 0.1) is 0 Å². The van der Waals surface area contributed by atoms with E-state index in [-0.39, 0.29) is 10.2 Å². The Balaban J connectivity index is 2.67. The van der Waals surface area contributed by atoms with E-state index in [0.29, 0.717) is 0 Å². The third-order valence-electron chi connectivity index (χ3n) is 1.57. The minimum atomic E-state index is 0.150. The summed E-state index contributed by atoms with van der Waals surface area (Å²) >= 11 is 9.34. The number of hydrogen-bond donors (Lipinski definition) is 6. The summed E-state index contributed by atoms with van der Waals surface area (Å²) < 4.78 is 0. The maximum absolute atomic E-state index is 5.29. The first-order valence-corrected chi connectivity index (χ1v) is 5.13. The van der Waals surface area contributed by atoms with Crippen molar-refractivity contribution in [2.24, 2.45) is 11.5 Å². The third kappa shape index (κ3) is 4.15. The molecule has 86 valence electrons. The zero-order valence-electron chi connectivity index (χ0n) is 8.28. The van der Waals surface area contributed by atoms with Gasteiger partial charge in [0.05, 0.1) is 11.4 Å². The SMILES string of the molecule is NC(=S)NNc1ccccc1NNC(N)=S. The van der Waals surface area contributed by atoms with Crippen LogP contribution < -0.4 is 33.2 Å². The van der Waals surface area contributed by atoms with Gasteiger partial charge in [-0.05, 0) is 36.6 Å². The summed E-state index contributed by atoms with van der Waals surface area (Å²) in [6.45, 7) is 0. The third-order valence-corrected chi connectivity index (χ3v) is 1.77. The van der Waals surface area contributed by atoms with Crippen LogP contribution in [0.2, 0.25) is 0 Å². The van der Waals surface area contributed by atoms with Gasteiger partial charge < -0.3 is 11.5 Å². The van der Waals surface area contributed by atoms with Gasteiger partial charge in [0.15, 0.2) is 10.2 Å². The molecule has 0 atom stereocenters. The van der Waals surface area contributed by atoms with Crippen molar-refractivity contribution in [1.82, 2.24) is 10.9 Å². The second-order valence-corrected chi connectivity index (χ2v) is 3.65. The molecule has 0 amide bonds. The molecular formula is C8H12N6S2. The fourth-order valence-corrected chi connectivity index (χ4v) is 1.06. The molecule has 0 fully saturated rings. The Hall–Kier alpha value is -1.80. The topological polar surface area (TPSA) is 100 Å². The molecular weight excluding hydrogens is 244 g/mol. The molecule has 0 bridgehead atoms. The van der Waals surface area contributed by atoms with E-state index in [0.717, 1.165) is 11.4 Å². The van der Waals surface area contributed by atoms with Crippen molar-refractivity contribution in [3.63, 3.8) is 0 Å². The smallest absolute Gasteiger partial charge is 0.182 e. The maximum atomic E-state index is 5.29. The van der Waals surface area contributed by atoms with Crippen molar-refractivity contribution in [3.8, 4) is 0 Å². The van der Waals surface area contributed by atoms with Gasteiger partial charge in [-0.25, -0.2) is 0 Å². The number of benzene rings is 1. The number of para-hydroxylation sites is 2. The second-order valence-electron chi connectivity index (χ2n) is 2.77. The highest BCUT2D eigenvalue weighted by Gasteiger charge is 2.00. The molecule has 0 aliphatic rings. The van der Waals surface area contributed by atoms with Crippen LogP contribution in [0.4, 0.5) is 11.4 Å². The summed E-state index contributed by atoms with van der Waals surface area (Å²) in [6.07, 6.45) is 0. The lowest BCUT2D eigenvalue weighted by Gasteiger charge is -2.14. The molecule has 0 saturated heterocycles. The van der Waals surface area contributed by atoms with E-state index in [2.05, 4.69) is 46.1 Å². The van der Waals surface area contributed by atoms with Gasteiger partial charge >= 0.3 is 0 Å². The molecule has 0 aromatic heterocycles. The highest BCUT2D eigenvalue weighted by molar-refractivity contribution is 7.80. The highest BCUT2D eigenvalue weighted by Crippen LogP contribution is 2.18. The molecule has 0 heterocycles. The highest BCUT2D eigenvalue weighted by atomic mass is 32.1. The molecule has 16 heavy (non-hydrogen) atoms. The van der Waals surface area contributed by atoms with Crippen molar-refractivity contribution in [2.45, 2.75) is 0 Å². The Labute approximate surface area is 104 Å². The Morgan fingerprint density at radius 1 is 0.875 bits per heavy atom. The molecule has 0 spiro atoms. The van der Waals surface area contributed by atoms with Gasteiger partial charge in [-0.15, -0.1) is 0 Å². The van der Waals surface area contributed by atoms with E-state index in [1.165, 1.54) is 0 Å². The monoisotopic (exact) mass is 256 g/mol. The van der Waals surface area contributed by atoms with Gasteiger partial charge in [0.2, 0.25) is 0 Å². The summed E-state index contributed by atoms with van der Waals surface area (Å²) in [4.78, 5) is 0. The van der Waals surface area contributed by atoms with Crippen LogP contribution in [0.5, 0.6) is 0 Å². The van der Waals surface area contributed by atoms with Gasteiger partial charge in [0.1, 0.15) is 0 Å². The van der Waals surface area contributed by atoms with Crippen LogP contribution in [-0.4, -0.2) is 10.2 Å². The molecule has 1 aromatic carbocycles. The first kappa shape index (κ1) is 12.3. The molecule has 1 aromatic rings. The zero-order valence-corrected chi connectivity index (χ0v) is 9.91. The van der Waals surface area contributed by atoms with Crippen LogP contribution in [0.15, 0.2) is 24.3 Å². The Kier molecular flexibility index (Phi) is 4.55. The normalized spacial score (nSPS) is 9.00. The van der Waals surface area contributed by atoms with Gasteiger partial charge in [0.25, 0.3) is 0 Å². The first-order valence-electron chi connectivity index (χ1n) is 4.31. The van der Waals surface area contributed by atoms with E-state index >= 15 is 0 Å². The second kappa shape index (κ2) is 5.93. The lowest BCUT2D eigenvalue weighted by Crippen LogP contribution is -2.36. The van der Waals surface area contributed by atoms with E-state index in [9.17, 15) is 0 Å². The van der Waals surface area contributed by atoms with Gasteiger partial charge in [-0.2, -0.15) is 0 Å². The number of hydrogen-bond acceptors (Lipinski definition) is 4. The zero-order chi connectivity index (χ0) is 12.0. The molecule has 0 radical (unpaired) electrons. The number of anilines is 2. The number of thiocarbonyl (C=S) groups is 2. The Bertz CT molecular complexity index is 357. The number of nitrogens with one attached hydrogen (secondary N) is 4. The Morgan fingerprint density at radius 2 is 1.25 bits per heavy atom. The van der Waals surface area contributed by atoms with Crippen LogP contribution in [0.1, 0.15) is 0 Å². The minimum Gasteiger partial charge on any atom is -0.375 e. The summed E-state index contributed by atoms with van der Waals surface area (Å²) in [7, 11) is 0. The minimum absolute atomic E-state index is 0.150. The quantitative estimate of drug-likeness (QED) is 0.331. The average molecular weight is 256 g/mol. The van der Waals surface area contributed by atoms with Crippen LogP contribution in [0.3, 0.4) is 0 Å². The molecule has 0 unspecified atom stereocenters. The van der Waals surface area contributed by atoms with E-state index in [4.69, 9.17) is 11.5 Å². The number of rotatable bonds is 4. The van der Waals surface area contributed by atoms with Gasteiger partial charge in [-0.1, -0.05) is 12.1 Å². The first-order chi connectivity index (χ1) is 7.59. The molecule has 8 N–H and O–H groups in total. The summed E-state index contributed by atoms with van der Waals surface area (Å²) in [6, 6.07) is 7.37. The molecule has 0 saturated carbocycles. The standard InChI is InChI=1S/C8H12N6S2/c9-7(15)13-11-5-3-1-2-4-6(5)12-14-8(10)16/h1-4,11-12H,(H3,9,13,15)(H3,10,14,16). The van der Waals surface area contributed by atoms with E-state index in [1.807, 2.05) is 24.3 Å². The lowest BCUT2D eigenvalue weighted by atomic mass is 10.3. The number of hydrazine groups is 2. The van der Waals surface area contributed by atoms with E-state index in [1.54, 1.807) is 0 Å². The van der Waals surface area contributed by atoms with Gasteiger partial charge in [0, 0.05) is 0 Å². The molecule has 1 rings (SSSR count). The van der Waals surface area contributed by atoms with Crippen LogP contribution in [0.25, 0.3) is 0 Å². The average Bonchev–Trinajstić information content (AvgIpc) is 2.24. The molecule has 0 aliphatic heterocycles. The summed E-state index contributed by atoms with van der Waals surface area (Å²) in [5.41, 5.74) is 23.0. The van der Waals surface area contributed by atoms with Crippen LogP contribution >= 0.6 is 24.4 Å². The van der Waals surface area contributed by atoms with Crippen molar-refractivity contribution in [3.05, 3.63) is 24.3 Å². The predicted octanol–water partition coefficient (Wildman–Crippen LogP) is 0.00680. The van der Waals surface area contributed by atoms with Crippen molar-refractivity contribution in [2.75, 3.05) is 10.9 Å². The van der Waals surface area contributed by atoms with Crippen molar-refractivity contribution in [1.29, 1.82) is 0 Å².